The van der Waals surface area contributed by atoms with Crippen molar-refractivity contribution in [1.29, 1.82) is 0 Å². The maximum atomic E-state index is 10.7. The largest absolute Gasteiger partial charge is 0.491 e. The van der Waals surface area contributed by atoms with Crippen LogP contribution in [0.1, 0.15) is 17.6 Å². The van der Waals surface area contributed by atoms with Crippen LogP contribution < -0.4 is 4.74 Å². The topological polar surface area (TPSA) is 74.9 Å². The molecule has 3 heterocycles. The molecular formula is C32H34N4O3S. The first kappa shape index (κ1) is 26.7. The van der Waals surface area contributed by atoms with Gasteiger partial charge in [0, 0.05) is 56.5 Å². The van der Waals surface area contributed by atoms with Gasteiger partial charge in [-0.25, -0.2) is 4.98 Å². The van der Waals surface area contributed by atoms with Crippen LogP contribution in [0, 0.1) is 6.92 Å². The molecule has 6 rings (SSSR count). The van der Waals surface area contributed by atoms with Crippen LogP contribution in [0.15, 0.2) is 83.4 Å². The fourth-order valence-corrected chi connectivity index (χ4v) is 6.13. The maximum Gasteiger partial charge on any atom is 0.167 e. The van der Waals surface area contributed by atoms with Crippen LogP contribution in [0.25, 0.3) is 32.7 Å². The Balaban J connectivity index is 0.977. The van der Waals surface area contributed by atoms with E-state index in [9.17, 15) is 5.11 Å². The second-order valence-corrected chi connectivity index (χ2v) is 11.8. The third kappa shape index (κ3) is 6.26. The van der Waals surface area contributed by atoms with E-state index in [4.69, 9.17) is 9.26 Å². The standard InChI is InChI=1S/C32H34N4O3S/c1-22-18-35(14-15-36(22)20-28(37)21-38-29-12-13-32-30(17-29)33-23(2)40-32)19-27-16-31(39-34-27)26-10-8-25(9-11-26)24-6-4-3-5-7-24/h3-13,16-17,22,28,37H,14-15,18-21H2,1-2H3. The lowest BCUT2D eigenvalue weighted by molar-refractivity contribution is 0.0192. The molecule has 40 heavy (non-hydrogen) atoms. The van der Waals surface area contributed by atoms with E-state index in [-0.39, 0.29) is 6.61 Å². The molecule has 5 aromatic rings. The van der Waals surface area contributed by atoms with E-state index in [0.717, 1.165) is 64.2 Å². The number of hydrogen-bond acceptors (Lipinski definition) is 8. The Labute approximate surface area is 238 Å². The van der Waals surface area contributed by atoms with Gasteiger partial charge in [-0.15, -0.1) is 11.3 Å². The molecule has 3 aromatic carbocycles. The van der Waals surface area contributed by atoms with Crippen molar-refractivity contribution in [3.63, 3.8) is 0 Å². The van der Waals surface area contributed by atoms with Gasteiger partial charge in [0.05, 0.1) is 20.9 Å². The van der Waals surface area contributed by atoms with Crippen LogP contribution in [0.4, 0.5) is 0 Å². The smallest absolute Gasteiger partial charge is 0.167 e. The summed E-state index contributed by atoms with van der Waals surface area (Å²) in [7, 11) is 0. The molecule has 206 valence electrons. The number of aromatic nitrogens is 2. The quantitative estimate of drug-likeness (QED) is 0.244. The van der Waals surface area contributed by atoms with Gasteiger partial charge >= 0.3 is 0 Å². The lowest BCUT2D eigenvalue weighted by Crippen LogP contribution is -2.53. The highest BCUT2D eigenvalue weighted by Crippen LogP contribution is 2.27. The predicted molar refractivity (Wildman–Crippen MR) is 160 cm³/mol. The average Bonchev–Trinajstić information content (AvgIpc) is 3.59. The van der Waals surface area contributed by atoms with Gasteiger partial charge in [0.1, 0.15) is 18.5 Å². The summed E-state index contributed by atoms with van der Waals surface area (Å²) in [6.07, 6.45) is -0.562. The minimum atomic E-state index is -0.562. The van der Waals surface area contributed by atoms with E-state index >= 15 is 0 Å². The number of benzene rings is 3. The number of piperazine rings is 1. The number of aliphatic hydroxyl groups excluding tert-OH is 1. The summed E-state index contributed by atoms with van der Waals surface area (Å²) >= 11 is 1.67. The lowest BCUT2D eigenvalue weighted by Gasteiger charge is -2.40. The zero-order valence-corrected chi connectivity index (χ0v) is 23.7. The average molecular weight is 555 g/mol. The van der Waals surface area contributed by atoms with E-state index in [1.807, 2.05) is 37.3 Å². The molecule has 1 N–H and O–H groups in total. The minimum Gasteiger partial charge on any atom is -0.491 e. The normalized spacial score (nSPS) is 17.3. The molecule has 2 unspecified atom stereocenters. The molecule has 8 heteroatoms. The second-order valence-electron chi connectivity index (χ2n) is 10.5. The van der Waals surface area contributed by atoms with Crippen molar-refractivity contribution in [2.45, 2.75) is 32.5 Å². The zero-order chi connectivity index (χ0) is 27.5. The van der Waals surface area contributed by atoms with Crippen LogP contribution in [0.2, 0.25) is 0 Å². The summed E-state index contributed by atoms with van der Waals surface area (Å²) in [6.45, 7) is 8.50. The lowest BCUT2D eigenvalue weighted by atomic mass is 10.0. The fourth-order valence-electron chi connectivity index (χ4n) is 5.32. The maximum absolute atomic E-state index is 10.7. The molecular weight excluding hydrogens is 520 g/mol. The summed E-state index contributed by atoms with van der Waals surface area (Å²) in [5, 5.41) is 16.1. The number of aryl methyl sites for hydroxylation is 1. The first-order valence-corrected chi connectivity index (χ1v) is 14.6. The van der Waals surface area contributed by atoms with Gasteiger partial charge in [0.25, 0.3) is 0 Å². The number of aliphatic hydroxyl groups is 1. The first-order valence-electron chi connectivity index (χ1n) is 13.8. The Morgan fingerprint density at radius 3 is 2.58 bits per heavy atom. The molecule has 0 aliphatic carbocycles. The van der Waals surface area contributed by atoms with Gasteiger partial charge in [-0.1, -0.05) is 59.8 Å². The van der Waals surface area contributed by atoms with Crippen LogP contribution in [-0.2, 0) is 6.54 Å². The molecule has 2 atom stereocenters. The molecule has 1 saturated heterocycles. The summed E-state index contributed by atoms with van der Waals surface area (Å²) < 4.78 is 12.7. The van der Waals surface area contributed by atoms with Crippen molar-refractivity contribution >= 4 is 21.6 Å². The predicted octanol–water partition coefficient (Wildman–Crippen LogP) is 5.87. The number of nitrogens with zero attached hydrogens (tertiary/aromatic N) is 4. The zero-order valence-electron chi connectivity index (χ0n) is 22.9. The Morgan fingerprint density at radius 1 is 1.00 bits per heavy atom. The van der Waals surface area contributed by atoms with E-state index in [0.29, 0.717) is 12.6 Å². The highest BCUT2D eigenvalue weighted by atomic mass is 32.1. The van der Waals surface area contributed by atoms with E-state index in [1.54, 1.807) is 11.3 Å². The van der Waals surface area contributed by atoms with Gasteiger partial charge < -0.3 is 14.4 Å². The molecule has 1 fully saturated rings. The number of fused-ring (bicyclic) bond motifs is 1. The summed E-state index contributed by atoms with van der Waals surface area (Å²) in [5.74, 6) is 1.53. The third-order valence-electron chi connectivity index (χ3n) is 7.42. The third-order valence-corrected chi connectivity index (χ3v) is 8.38. The van der Waals surface area contributed by atoms with Gasteiger partial charge in [0.15, 0.2) is 5.76 Å². The number of hydrogen-bond donors (Lipinski definition) is 1. The van der Waals surface area contributed by atoms with Crippen LogP contribution >= 0.6 is 11.3 Å². The van der Waals surface area contributed by atoms with E-state index in [1.165, 1.54) is 11.1 Å². The fraction of sp³-hybridized carbons (Fsp3) is 0.312. The molecule has 1 aliphatic heterocycles. The van der Waals surface area contributed by atoms with Crippen LogP contribution in [0.3, 0.4) is 0 Å². The number of thiazole rings is 1. The summed E-state index contributed by atoms with van der Waals surface area (Å²) in [6, 6.07) is 27.0. The number of ether oxygens (including phenoxy) is 1. The van der Waals surface area contributed by atoms with Gasteiger partial charge in [-0.05, 0) is 37.1 Å². The molecule has 2 aromatic heterocycles. The molecule has 0 bridgehead atoms. The first-order chi connectivity index (χ1) is 19.5. The van der Waals surface area contributed by atoms with Gasteiger partial charge in [0.2, 0.25) is 0 Å². The SMILES string of the molecule is Cc1nc2cc(OCC(O)CN3CCN(Cc4cc(-c5ccc(-c6ccccc6)cc5)on4)CC3C)ccc2s1. The monoisotopic (exact) mass is 554 g/mol. The summed E-state index contributed by atoms with van der Waals surface area (Å²) in [5.41, 5.74) is 5.28. The Morgan fingerprint density at radius 2 is 1.77 bits per heavy atom. The van der Waals surface area contributed by atoms with Crippen molar-refractivity contribution in [2.75, 3.05) is 32.8 Å². The van der Waals surface area contributed by atoms with Crippen molar-refractivity contribution in [2.24, 2.45) is 0 Å². The molecule has 7 nitrogen and oxygen atoms in total. The second kappa shape index (κ2) is 11.9. The van der Waals surface area contributed by atoms with Gasteiger partial charge in [-0.3, -0.25) is 9.80 Å². The summed E-state index contributed by atoms with van der Waals surface area (Å²) in [4.78, 5) is 9.26. The van der Waals surface area contributed by atoms with Crippen molar-refractivity contribution in [3.05, 3.63) is 89.6 Å². The number of β-amino-alcohol motifs (C(OH)–C–C–N with tert-alkyl or cyclic N) is 1. The van der Waals surface area contributed by atoms with Crippen molar-refractivity contribution in [3.8, 4) is 28.2 Å². The van der Waals surface area contributed by atoms with Crippen LogP contribution in [-0.4, -0.2) is 70.0 Å². The Bertz CT molecular complexity index is 1550. The number of rotatable bonds is 9. The molecule has 0 spiro atoms. The molecule has 0 saturated carbocycles. The highest BCUT2D eigenvalue weighted by molar-refractivity contribution is 7.18. The van der Waals surface area contributed by atoms with Crippen LogP contribution in [0.5, 0.6) is 5.75 Å². The Kier molecular flexibility index (Phi) is 7.93. The minimum absolute atomic E-state index is 0.260. The Hall–Kier alpha value is -3.56. The van der Waals surface area contributed by atoms with E-state index in [2.05, 4.69) is 75.4 Å². The van der Waals surface area contributed by atoms with Crippen molar-refractivity contribution in [1.82, 2.24) is 19.9 Å². The highest BCUT2D eigenvalue weighted by Gasteiger charge is 2.26. The van der Waals surface area contributed by atoms with Gasteiger partial charge in [-0.2, -0.15) is 0 Å². The molecule has 0 radical (unpaired) electrons. The molecule has 1 aliphatic rings. The van der Waals surface area contributed by atoms with E-state index < -0.39 is 6.10 Å². The van der Waals surface area contributed by atoms with Crippen molar-refractivity contribution < 1.29 is 14.4 Å². The molecule has 0 amide bonds.